The molecule has 0 saturated heterocycles. The predicted molar refractivity (Wildman–Crippen MR) is 142 cm³/mol. The van der Waals surface area contributed by atoms with Gasteiger partial charge in [-0.05, 0) is 42.5 Å². The summed E-state index contributed by atoms with van der Waals surface area (Å²) in [5, 5.41) is 7.52. The molecule has 0 bridgehead atoms. The molecule has 0 N–H and O–H groups in total. The molecule has 0 aliphatic rings. The van der Waals surface area contributed by atoms with E-state index in [0.29, 0.717) is 0 Å². The second kappa shape index (κ2) is 6.38. The molecular weight excluding hydrogens is 442 g/mol. The van der Waals surface area contributed by atoms with E-state index in [0.717, 1.165) is 10.2 Å². The Labute approximate surface area is 196 Å². The molecule has 0 fully saturated rings. The van der Waals surface area contributed by atoms with Crippen LogP contribution in [0.3, 0.4) is 0 Å². The predicted octanol–water partition coefficient (Wildman–Crippen LogP) is 8.31. The first-order valence-corrected chi connectivity index (χ1v) is 12.5. The van der Waals surface area contributed by atoms with Gasteiger partial charge < -0.3 is 4.57 Å². The van der Waals surface area contributed by atoms with Gasteiger partial charge in [-0.25, -0.2) is 9.97 Å². The Bertz CT molecular complexity index is 2040. The summed E-state index contributed by atoms with van der Waals surface area (Å²) in [6.45, 7) is 0. The smallest absolute Gasteiger partial charge is 0.127 e. The molecule has 5 heteroatoms. The lowest BCUT2D eigenvalue weighted by atomic mass is 10.1. The molecule has 0 aliphatic heterocycles. The van der Waals surface area contributed by atoms with Gasteiger partial charge >= 0.3 is 0 Å². The third-order valence-electron chi connectivity index (χ3n) is 6.56. The van der Waals surface area contributed by atoms with Gasteiger partial charge in [0, 0.05) is 58.3 Å². The van der Waals surface area contributed by atoms with Gasteiger partial charge in [-0.2, -0.15) is 0 Å². The molecule has 0 aliphatic carbocycles. The molecule has 0 unspecified atom stereocenters. The highest BCUT2D eigenvalue weighted by Gasteiger charge is 2.16. The molecule has 33 heavy (non-hydrogen) atoms. The van der Waals surface area contributed by atoms with Crippen LogP contribution in [0.2, 0.25) is 0 Å². The largest absolute Gasteiger partial charge is 0.309 e. The average molecular weight is 458 g/mol. The minimum Gasteiger partial charge on any atom is -0.309 e. The highest BCUT2D eigenvalue weighted by Crippen LogP contribution is 2.41. The van der Waals surface area contributed by atoms with E-state index >= 15 is 0 Å². The van der Waals surface area contributed by atoms with E-state index in [2.05, 4.69) is 93.4 Å². The lowest BCUT2D eigenvalue weighted by Gasteiger charge is -2.08. The Kier molecular flexibility index (Phi) is 3.42. The fraction of sp³-hybridized carbons (Fsp3) is 0. The first-order chi connectivity index (χ1) is 16.3. The number of benzene rings is 4. The monoisotopic (exact) mass is 457 g/mol. The van der Waals surface area contributed by atoms with Gasteiger partial charge in [0.05, 0.1) is 11.0 Å². The van der Waals surface area contributed by atoms with Crippen LogP contribution in [0.25, 0.3) is 68.0 Å². The maximum atomic E-state index is 4.50. The molecule has 4 aromatic heterocycles. The maximum Gasteiger partial charge on any atom is 0.127 e. The van der Waals surface area contributed by atoms with Crippen LogP contribution < -0.4 is 0 Å². The SMILES string of the molecule is c1ccc2c(c1)sc1ccc(-n3c4ccccc4c4cc5sc6ncncc6c5cc43)cc12. The van der Waals surface area contributed by atoms with Crippen molar-refractivity contribution in [2.45, 2.75) is 0 Å². The summed E-state index contributed by atoms with van der Waals surface area (Å²) in [5.74, 6) is 0. The van der Waals surface area contributed by atoms with Crippen molar-refractivity contribution in [3.05, 3.63) is 91.4 Å². The van der Waals surface area contributed by atoms with Crippen LogP contribution in [-0.2, 0) is 0 Å². The molecule has 154 valence electrons. The number of fused-ring (bicyclic) bond motifs is 9. The summed E-state index contributed by atoms with van der Waals surface area (Å²) in [6, 6.07) is 28.9. The van der Waals surface area contributed by atoms with Crippen molar-refractivity contribution < 1.29 is 0 Å². The Morgan fingerprint density at radius 1 is 0.576 bits per heavy atom. The lowest BCUT2D eigenvalue weighted by Crippen LogP contribution is -1.93. The fourth-order valence-electron chi connectivity index (χ4n) is 5.11. The summed E-state index contributed by atoms with van der Waals surface area (Å²) < 4.78 is 6.31. The van der Waals surface area contributed by atoms with Gasteiger partial charge in [-0.1, -0.05) is 36.4 Å². The van der Waals surface area contributed by atoms with E-state index in [1.54, 1.807) is 17.7 Å². The van der Waals surface area contributed by atoms with Crippen molar-refractivity contribution in [1.82, 2.24) is 14.5 Å². The Hall–Kier alpha value is -3.80. The minimum atomic E-state index is 1.04. The van der Waals surface area contributed by atoms with E-state index in [9.17, 15) is 0 Å². The zero-order valence-corrected chi connectivity index (χ0v) is 19.0. The first kappa shape index (κ1) is 17.7. The van der Waals surface area contributed by atoms with Gasteiger partial charge in [-0.3, -0.25) is 0 Å². The van der Waals surface area contributed by atoms with Gasteiger partial charge in [0.2, 0.25) is 0 Å². The normalized spacial score (nSPS) is 12.2. The van der Waals surface area contributed by atoms with Crippen molar-refractivity contribution >= 4 is 85.0 Å². The molecular formula is C28H15N3S2. The second-order valence-electron chi connectivity index (χ2n) is 8.34. The summed E-state index contributed by atoms with van der Waals surface area (Å²) >= 11 is 3.59. The summed E-state index contributed by atoms with van der Waals surface area (Å²) in [7, 11) is 0. The number of aromatic nitrogens is 3. The van der Waals surface area contributed by atoms with Gasteiger partial charge in [0.15, 0.2) is 0 Å². The third kappa shape index (κ3) is 2.38. The number of thiophene rings is 2. The zero-order valence-electron chi connectivity index (χ0n) is 17.3. The van der Waals surface area contributed by atoms with Crippen LogP contribution >= 0.6 is 22.7 Å². The first-order valence-electron chi connectivity index (χ1n) is 10.8. The topological polar surface area (TPSA) is 30.7 Å². The zero-order chi connectivity index (χ0) is 21.5. The maximum absolute atomic E-state index is 4.50. The van der Waals surface area contributed by atoms with E-state index in [1.807, 2.05) is 17.5 Å². The van der Waals surface area contributed by atoms with Crippen molar-refractivity contribution in [1.29, 1.82) is 0 Å². The number of hydrogen-bond donors (Lipinski definition) is 0. The van der Waals surface area contributed by atoms with Crippen molar-refractivity contribution in [2.75, 3.05) is 0 Å². The van der Waals surface area contributed by atoms with E-state index in [4.69, 9.17) is 0 Å². The fourth-order valence-corrected chi connectivity index (χ4v) is 7.23. The lowest BCUT2D eigenvalue weighted by molar-refractivity contribution is 1.19. The van der Waals surface area contributed by atoms with Crippen molar-refractivity contribution in [2.24, 2.45) is 0 Å². The highest BCUT2D eigenvalue weighted by atomic mass is 32.1. The highest BCUT2D eigenvalue weighted by molar-refractivity contribution is 7.26. The van der Waals surface area contributed by atoms with Crippen LogP contribution in [0.5, 0.6) is 0 Å². The number of para-hydroxylation sites is 1. The molecule has 0 spiro atoms. The average Bonchev–Trinajstić information content (AvgIpc) is 3.51. The number of rotatable bonds is 1. The van der Waals surface area contributed by atoms with Crippen molar-refractivity contribution in [3.8, 4) is 5.69 Å². The third-order valence-corrected chi connectivity index (χ3v) is 8.79. The minimum absolute atomic E-state index is 1.04. The quantitative estimate of drug-likeness (QED) is 0.248. The van der Waals surface area contributed by atoms with Crippen LogP contribution in [0.4, 0.5) is 0 Å². The van der Waals surface area contributed by atoms with Gasteiger partial charge in [0.25, 0.3) is 0 Å². The molecule has 0 radical (unpaired) electrons. The van der Waals surface area contributed by atoms with E-state index in [-0.39, 0.29) is 0 Å². The molecule has 4 aromatic carbocycles. The van der Waals surface area contributed by atoms with Crippen LogP contribution in [-0.4, -0.2) is 14.5 Å². The molecule has 0 amide bonds. The van der Waals surface area contributed by atoms with Crippen LogP contribution in [0.1, 0.15) is 0 Å². The molecule has 8 rings (SSSR count). The number of nitrogens with zero attached hydrogens (tertiary/aromatic N) is 3. The summed E-state index contributed by atoms with van der Waals surface area (Å²) in [6.07, 6.45) is 3.57. The molecule has 8 aromatic rings. The van der Waals surface area contributed by atoms with Crippen LogP contribution in [0.15, 0.2) is 91.4 Å². The van der Waals surface area contributed by atoms with Crippen LogP contribution in [0, 0.1) is 0 Å². The molecule has 0 saturated carbocycles. The molecule has 0 atom stereocenters. The molecule has 4 heterocycles. The Balaban J connectivity index is 1.53. The Morgan fingerprint density at radius 2 is 1.39 bits per heavy atom. The number of hydrogen-bond acceptors (Lipinski definition) is 4. The summed E-state index contributed by atoms with van der Waals surface area (Å²) in [5.41, 5.74) is 3.63. The standard InChI is InChI=1S/C28H15N3S2/c1-3-7-23-17(5-1)19-13-27-21(22-14-29-15-30-28(22)33-27)12-24(19)31(23)16-9-10-26-20(11-16)18-6-2-4-8-25(18)32-26/h1-15H. The second-order valence-corrected chi connectivity index (χ2v) is 10.5. The molecule has 3 nitrogen and oxygen atoms in total. The van der Waals surface area contributed by atoms with E-state index < -0.39 is 0 Å². The Morgan fingerprint density at radius 3 is 2.36 bits per heavy atom. The van der Waals surface area contributed by atoms with Gasteiger partial charge in [-0.15, -0.1) is 22.7 Å². The van der Waals surface area contributed by atoms with E-state index in [1.165, 1.54) is 57.8 Å². The van der Waals surface area contributed by atoms with Gasteiger partial charge in [0.1, 0.15) is 11.2 Å². The van der Waals surface area contributed by atoms with Crippen molar-refractivity contribution in [3.63, 3.8) is 0 Å². The summed E-state index contributed by atoms with van der Waals surface area (Å²) in [4.78, 5) is 9.82.